The Balaban J connectivity index is 2.08. The van der Waals surface area contributed by atoms with Gasteiger partial charge in [0.2, 0.25) is 0 Å². The van der Waals surface area contributed by atoms with E-state index in [0.717, 1.165) is 17.7 Å². The fraction of sp³-hybridized carbons (Fsp3) is 0.133. The number of nitrogens with zero attached hydrogens (tertiary/aromatic N) is 1. The van der Waals surface area contributed by atoms with Crippen LogP contribution >= 0.6 is 11.6 Å². The lowest BCUT2D eigenvalue weighted by Gasteiger charge is -2.19. The minimum absolute atomic E-state index is 0.224. The van der Waals surface area contributed by atoms with Gasteiger partial charge in [-0.25, -0.2) is 13.6 Å². The van der Waals surface area contributed by atoms with Gasteiger partial charge in [0.25, 0.3) is 0 Å². The van der Waals surface area contributed by atoms with Gasteiger partial charge in [-0.2, -0.15) is 0 Å². The number of halogens is 3. The third kappa shape index (κ3) is 3.70. The molecule has 6 heteroatoms. The van der Waals surface area contributed by atoms with Crippen LogP contribution in [-0.2, 0) is 6.54 Å². The lowest BCUT2D eigenvalue weighted by atomic mass is 10.2. The molecule has 110 valence electrons. The summed E-state index contributed by atoms with van der Waals surface area (Å²) in [6, 6.07) is 9.81. The second-order valence-corrected chi connectivity index (χ2v) is 4.88. The quantitative estimate of drug-likeness (QED) is 0.901. The van der Waals surface area contributed by atoms with Gasteiger partial charge >= 0.3 is 6.03 Å². The van der Waals surface area contributed by atoms with Crippen LogP contribution in [0.2, 0.25) is 5.02 Å². The van der Waals surface area contributed by atoms with Crippen molar-refractivity contribution in [2.24, 2.45) is 0 Å². The number of carbonyl (C=O) groups excluding carboxylic acids is 1. The third-order valence-electron chi connectivity index (χ3n) is 2.91. The van der Waals surface area contributed by atoms with E-state index in [1.165, 1.54) is 18.0 Å². The molecule has 0 saturated heterocycles. The van der Waals surface area contributed by atoms with E-state index in [1.807, 2.05) is 0 Å². The molecule has 2 rings (SSSR count). The summed E-state index contributed by atoms with van der Waals surface area (Å²) in [5.74, 6) is -1.65. The Morgan fingerprint density at radius 2 is 1.76 bits per heavy atom. The summed E-state index contributed by atoms with van der Waals surface area (Å²) in [5, 5.41) is 2.73. The van der Waals surface area contributed by atoms with Gasteiger partial charge in [0.1, 0.15) is 17.3 Å². The lowest BCUT2D eigenvalue weighted by Crippen LogP contribution is -2.31. The number of rotatable bonds is 3. The zero-order valence-electron chi connectivity index (χ0n) is 11.2. The molecule has 0 fully saturated rings. The molecule has 0 aliphatic carbocycles. The first kappa shape index (κ1) is 15.3. The summed E-state index contributed by atoms with van der Waals surface area (Å²) in [7, 11) is 1.51. The van der Waals surface area contributed by atoms with Crippen molar-refractivity contribution in [2.75, 3.05) is 12.4 Å². The van der Waals surface area contributed by atoms with Crippen LogP contribution in [0.5, 0.6) is 0 Å². The Morgan fingerprint density at radius 3 is 2.38 bits per heavy atom. The van der Waals surface area contributed by atoms with E-state index < -0.39 is 23.4 Å². The van der Waals surface area contributed by atoms with Crippen molar-refractivity contribution in [3.8, 4) is 0 Å². The van der Waals surface area contributed by atoms with Crippen molar-refractivity contribution in [1.29, 1.82) is 0 Å². The van der Waals surface area contributed by atoms with E-state index in [0.29, 0.717) is 5.02 Å². The van der Waals surface area contributed by atoms with E-state index in [4.69, 9.17) is 11.6 Å². The van der Waals surface area contributed by atoms with Crippen LogP contribution in [0.15, 0.2) is 42.5 Å². The molecule has 0 unspecified atom stereocenters. The van der Waals surface area contributed by atoms with Crippen LogP contribution in [0.25, 0.3) is 0 Å². The normalized spacial score (nSPS) is 10.3. The molecular weight excluding hydrogens is 298 g/mol. The molecule has 0 aromatic heterocycles. The molecule has 21 heavy (non-hydrogen) atoms. The number of anilines is 1. The molecule has 0 bridgehead atoms. The zero-order chi connectivity index (χ0) is 15.4. The molecule has 2 aromatic rings. The maximum Gasteiger partial charge on any atom is 0.322 e. The Bertz CT molecular complexity index is 644. The molecular formula is C15H13ClF2N2O. The van der Waals surface area contributed by atoms with Gasteiger partial charge < -0.3 is 10.2 Å². The largest absolute Gasteiger partial charge is 0.323 e. The molecule has 3 nitrogen and oxygen atoms in total. The van der Waals surface area contributed by atoms with Crippen molar-refractivity contribution in [3.63, 3.8) is 0 Å². The lowest BCUT2D eigenvalue weighted by molar-refractivity contribution is 0.220. The van der Waals surface area contributed by atoms with Gasteiger partial charge in [-0.1, -0.05) is 35.9 Å². The highest BCUT2D eigenvalue weighted by Crippen LogP contribution is 2.20. The van der Waals surface area contributed by atoms with Crippen LogP contribution in [0.4, 0.5) is 19.3 Å². The van der Waals surface area contributed by atoms with Crippen LogP contribution in [0.3, 0.4) is 0 Å². The van der Waals surface area contributed by atoms with E-state index in [2.05, 4.69) is 5.32 Å². The number of hydrogen-bond donors (Lipinski definition) is 1. The molecule has 2 aromatic carbocycles. The number of para-hydroxylation sites is 1. The van der Waals surface area contributed by atoms with Crippen molar-refractivity contribution in [2.45, 2.75) is 6.54 Å². The number of carbonyl (C=O) groups is 1. The fourth-order valence-corrected chi connectivity index (χ4v) is 1.97. The van der Waals surface area contributed by atoms with Crippen LogP contribution in [-0.4, -0.2) is 18.0 Å². The van der Waals surface area contributed by atoms with Crippen molar-refractivity contribution >= 4 is 23.3 Å². The predicted molar refractivity (Wildman–Crippen MR) is 78.3 cm³/mol. The maximum absolute atomic E-state index is 13.5. The average molecular weight is 311 g/mol. The molecule has 0 spiro atoms. The second-order valence-electron chi connectivity index (χ2n) is 4.47. The highest BCUT2D eigenvalue weighted by atomic mass is 35.5. The first-order chi connectivity index (χ1) is 9.99. The third-order valence-corrected chi connectivity index (χ3v) is 3.28. The molecule has 0 heterocycles. The predicted octanol–water partition coefficient (Wildman–Crippen LogP) is 4.28. The summed E-state index contributed by atoms with van der Waals surface area (Å²) >= 11 is 6.01. The first-order valence-electron chi connectivity index (χ1n) is 6.18. The monoisotopic (exact) mass is 310 g/mol. The van der Waals surface area contributed by atoms with Gasteiger partial charge in [0.05, 0.1) is 0 Å². The number of nitrogens with one attached hydrogen (secondary N) is 1. The van der Waals surface area contributed by atoms with Crippen molar-refractivity contribution in [1.82, 2.24) is 4.90 Å². The zero-order valence-corrected chi connectivity index (χ0v) is 12.0. The van der Waals surface area contributed by atoms with Gasteiger partial charge in [-0.05, 0) is 23.8 Å². The minimum atomic E-state index is -0.825. The van der Waals surface area contributed by atoms with E-state index in [1.54, 1.807) is 24.3 Å². The van der Waals surface area contributed by atoms with Gasteiger partial charge in [-0.3, -0.25) is 0 Å². The van der Waals surface area contributed by atoms with Gasteiger partial charge in [0, 0.05) is 18.6 Å². The van der Waals surface area contributed by atoms with Crippen LogP contribution in [0, 0.1) is 11.6 Å². The summed E-state index contributed by atoms with van der Waals surface area (Å²) in [4.78, 5) is 13.3. The smallest absolute Gasteiger partial charge is 0.322 e. The topological polar surface area (TPSA) is 32.3 Å². The van der Waals surface area contributed by atoms with Crippen LogP contribution in [0.1, 0.15) is 5.56 Å². The Labute approximate surface area is 126 Å². The number of urea groups is 1. The summed E-state index contributed by atoms with van der Waals surface area (Å²) in [6.45, 7) is 0.224. The molecule has 0 radical (unpaired) electrons. The summed E-state index contributed by atoms with van der Waals surface area (Å²) in [6.07, 6.45) is 0. The molecule has 0 saturated carbocycles. The van der Waals surface area contributed by atoms with Crippen molar-refractivity contribution < 1.29 is 13.6 Å². The minimum Gasteiger partial charge on any atom is -0.323 e. The SMILES string of the molecule is CN(Cc1ccccc1Cl)C(=O)Nc1c(F)cccc1F. The fourth-order valence-electron chi connectivity index (χ4n) is 1.77. The summed E-state index contributed by atoms with van der Waals surface area (Å²) in [5.41, 5.74) is 0.277. The molecule has 1 N–H and O–H groups in total. The Hall–Kier alpha value is -2.14. The molecule has 0 aliphatic rings. The highest BCUT2D eigenvalue weighted by molar-refractivity contribution is 6.31. The first-order valence-corrected chi connectivity index (χ1v) is 6.56. The Morgan fingerprint density at radius 1 is 1.14 bits per heavy atom. The molecule has 0 aliphatic heterocycles. The average Bonchev–Trinajstić information content (AvgIpc) is 2.45. The highest BCUT2D eigenvalue weighted by Gasteiger charge is 2.15. The standard InChI is InChI=1S/C15H13ClF2N2O/c1-20(9-10-5-2-3-6-11(10)16)15(21)19-14-12(17)7-4-8-13(14)18/h2-8H,9H2,1H3,(H,19,21). The number of hydrogen-bond acceptors (Lipinski definition) is 1. The van der Waals surface area contributed by atoms with E-state index in [9.17, 15) is 13.6 Å². The summed E-state index contributed by atoms with van der Waals surface area (Å²) < 4.78 is 26.9. The number of amides is 2. The van der Waals surface area contributed by atoms with E-state index in [-0.39, 0.29) is 6.54 Å². The van der Waals surface area contributed by atoms with Gasteiger partial charge in [0.15, 0.2) is 0 Å². The maximum atomic E-state index is 13.5. The Kier molecular flexibility index (Phi) is 4.75. The molecule has 0 atom stereocenters. The van der Waals surface area contributed by atoms with Crippen LogP contribution < -0.4 is 5.32 Å². The number of benzene rings is 2. The van der Waals surface area contributed by atoms with Crippen molar-refractivity contribution in [3.05, 3.63) is 64.7 Å². The van der Waals surface area contributed by atoms with E-state index >= 15 is 0 Å². The van der Waals surface area contributed by atoms with Gasteiger partial charge in [-0.15, -0.1) is 0 Å². The second kappa shape index (κ2) is 6.54. The molecule has 2 amide bonds.